The molecule has 0 saturated carbocycles. The molecule has 5 heteroatoms. The van der Waals surface area contributed by atoms with Gasteiger partial charge in [0.2, 0.25) is 0 Å². The van der Waals surface area contributed by atoms with E-state index in [0.717, 1.165) is 22.9 Å². The number of nitrogens with zero attached hydrogens (tertiary/aromatic N) is 4. The zero-order chi connectivity index (χ0) is 11.5. The molecule has 0 aliphatic carbocycles. The summed E-state index contributed by atoms with van der Waals surface area (Å²) in [4.78, 5) is 2.05. The van der Waals surface area contributed by atoms with Gasteiger partial charge in [-0.15, -0.1) is 5.10 Å². The first kappa shape index (κ1) is 11.1. The van der Waals surface area contributed by atoms with E-state index in [1.165, 1.54) is 0 Å². The number of halogens is 1. The standard InChI is InChI=1S/C11H13ClN4/c1-15(2)7-10-8-16(14-13-10)11-5-3-9(12)4-6-11/h3-6,8H,7H2,1-2H3. The first-order chi connectivity index (χ1) is 7.65. The molecule has 0 amide bonds. The number of hydrogen-bond acceptors (Lipinski definition) is 3. The zero-order valence-electron chi connectivity index (χ0n) is 9.26. The van der Waals surface area contributed by atoms with Gasteiger partial charge in [-0.25, -0.2) is 4.68 Å². The van der Waals surface area contributed by atoms with Gasteiger partial charge in [0.25, 0.3) is 0 Å². The Morgan fingerprint density at radius 3 is 2.56 bits per heavy atom. The smallest absolute Gasteiger partial charge is 0.0971 e. The topological polar surface area (TPSA) is 34.0 Å². The quantitative estimate of drug-likeness (QED) is 0.817. The molecule has 0 bridgehead atoms. The molecule has 2 rings (SSSR count). The van der Waals surface area contributed by atoms with Crippen LogP contribution in [0.4, 0.5) is 0 Å². The fraction of sp³-hybridized carbons (Fsp3) is 0.273. The molecule has 0 unspecified atom stereocenters. The van der Waals surface area contributed by atoms with Gasteiger partial charge in [0.1, 0.15) is 0 Å². The van der Waals surface area contributed by atoms with Crippen LogP contribution in [0.3, 0.4) is 0 Å². The largest absolute Gasteiger partial charge is 0.303 e. The van der Waals surface area contributed by atoms with Crippen LogP contribution in [0, 0.1) is 0 Å². The van der Waals surface area contributed by atoms with Gasteiger partial charge in [-0.05, 0) is 38.4 Å². The summed E-state index contributed by atoms with van der Waals surface area (Å²) in [6, 6.07) is 7.50. The summed E-state index contributed by atoms with van der Waals surface area (Å²) in [5.41, 5.74) is 1.90. The van der Waals surface area contributed by atoms with Gasteiger partial charge in [0, 0.05) is 11.6 Å². The van der Waals surface area contributed by atoms with Crippen molar-refractivity contribution in [2.45, 2.75) is 6.54 Å². The molecule has 0 atom stereocenters. The van der Waals surface area contributed by atoms with Crippen LogP contribution in [-0.4, -0.2) is 34.0 Å². The van der Waals surface area contributed by atoms with Gasteiger partial charge in [0.15, 0.2) is 0 Å². The fourth-order valence-corrected chi connectivity index (χ4v) is 1.54. The third kappa shape index (κ3) is 2.59. The molecule has 0 saturated heterocycles. The van der Waals surface area contributed by atoms with Gasteiger partial charge in [-0.3, -0.25) is 0 Å². The van der Waals surface area contributed by atoms with Crippen LogP contribution in [0.15, 0.2) is 30.5 Å². The maximum Gasteiger partial charge on any atom is 0.0971 e. The van der Waals surface area contributed by atoms with Gasteiger partial charge in [0.05, 0.1) is 17.6 Å². The molecule has 0 N–H and O–H groups in total. The van der Waals surface area contributed by atoms with Gasteiger partial charge in [-0.2, -0.15) is 0 Å². The molecule has 0 radical (unpaired) electrons. The molecule has 0 fully saturated rings. The minimum Gasteiger partial charge on any atom is -0.303 e. The highest BCUT2D eigenvalue weighted by Gasteiger charge is 2.03. The molecule has 1 aromatic heterocycles. The van der Waals surface area contributed by atoms with Crippen LogP contribution in [0.5, 0.6) is 0 Å². The van der Waals surface area contributed by atoms with Gasteiger partial charge >= 0.3 is 0 Å². The predicted molar refractivity (Wildman–Crippen MR) is 63.8 cm³/mol. The minimum absolute atomic E-state index is 0.720. The average Bonchev–Trinajstić information content (AvgIpc) is 2.66. The molecule has 2 aromatic rings. The molecule has 1 aromatic carbocycles. The van der Waals surface area contributed by atoms with Gasteiger partial charge < -0.3 is 4.90 Å². The monoisotopic (exact) mass is 236 g/mol. The highest BCUT2D eigenvalue weighted by molar-refractivity contribution is 6.30. The lowest BCUT2D eigenvalue weighted by atomic mass is 10.3. The lowest BCUT2D eigenvalue weighted by molar-refractivity contribution is 0.396. The third-order valence-corrected chi connectivity index (χ3v) is 2.36. The lowest BCUT2D eigenvalue weighted by Gasteiger charge is -2.04. The molecule has 0 spiro atoms. The average molecular weight is 237 g/mol. The molecular weight excluding hydrogens is 224 g/mol. The van der Waals surface area contributed by atoms with E-state index >= 15 is 0 Å². The normalized spacial score (nSPS) is 11.0. The Balaban J connectivity index is 2.21. The van der Waals surface area contributed by atoms with Crippen molar-refractivity contribution in [3.8, 4) is 5.69 Å². The minimum atomic E-state index is 0.720. The number of aromatic nitrogens is 3. The Hall–Kier alpha value is -1.39. The van der Waals surface area contributed by atoms with Crippen molar-refractivity contribution in [1.29, 1.82) is 0 Å². The lowest BCUT2D eigenvalue weighted by Crippen LogP contribution is -2.10. The fourth-order valence-electron chi connectivity index (χ4n) is 1.41. The van der Waals surface area contributed by atoms with Crippen LogP contribution < -0.4 is 0 Å². The number of rotatable bonds is 3. The zero-order valence-corrected chi connectivity index (χ0v) is 10.0. The van der Waals surface area contributed by atoms with E-state index in [0.29, 0.717) is 0 Å². The van der Waals surface area contributed by atoms with Crippen molar-refractivity contribution in [1.82, 2.24) is 19.9 Å². The Morgan fingerprint density at radius 1 is 1.25 bits per heavy atom. The molecule has 0 aliphatic rings. The Bertz CT molecular complexity index is 461. The Labute approximate surface area is 99.4 Å². The molecule has 0 aliphatic heterocycles. The van der Waals surface area contributed by atoms with Crippen molar-refractivity contribution in [2.24, 2.45) is 0 Å². The van der Waals surface area contributed by atoms with Crippen LogP contribution in [0.1, 0.15) is 5.69 Å². The van der Waals surface area contributed by atoms with E-state index in [1.54, 1.807) is 4.68 Å². The molecular formula is C11H13ClN4. The van der Waals surface area contributed by atoms with Crippen molar-refractivity contribution in [3.63, 3.8) is 0 Å². The van der Waals surface area contributed by atoms with Crippen molar-refractivity contribution in [2.75, 3.05) is 14.1 Å². The van der Waals surface area contributed by atoms with Crippen LogP contribution in [-0.2, 0) is 6.54 Å². The summed E-state index contributed by atoms with van der Waals surface area (Å²) in [7, 11) is 4.00. The summed E-state index contributed by atoms with van der Waals surface area (Å²) in [6.45, 7) is 0.785. The third-order valence-electron chi connectivity index (χ3n) is 2.11. The Kier molecular flexibility index (Phi) is 3.22. The van der Waals surface area contributed by atoms with Crippen molar-refractivity contribution >= 4 is 11.6 Å². The van der Waals surface area contributed by atoms with Crippen LogP contribution in [0.25, 0.3) is 5.69 Å². The van der Waals surface area contributed by atoms with Crippen molar-refractivity contribution in [3.05, 3.63) is 41.2 Å². The van der Waals surface area contributed by atoms with E-state index in [2.05, 4.69) is 15.2 Å². The number of hydrogen-bond donors (Lipinski definition) is 0. The number of benzene rings is 1. The molecule has 84 valence electrons. The first-order valence-electron chi connectivity index (χ1n) is 4.97. The highest BCUT2D eigenvalue weighted by atomic mass is 35.5. The molecule has 1 heterocycles. The summed E-state index contributed by atoms with van der Waals surface area (Å²) in [5.74, 6) is 0. The SMILES string of the molecule is CN(C)Cc1cn(-c2ccc(Cl)cc2)nn1. The summed E-state index contributed by atoms with van der Waals surface area (Å²) >= 11 is 5.82. The van der Waals surface area contributed by atoms with Crippen LogP contribution >= 0.6 is 11.6 Å². The second-order valence-electron chi connectivity index (χ2n) is 3.87. The maximum atomic E-state index is 5.82. The summed E-state index contributed by atoms with van der Waals surface area (Å²) in [6.07, 6.45) is 1.92. The van der Waals surface area contributed by atoms with E-state index < -0.39 is 0 Å². The second-order valence-corrected chi connectivity index (χ2v) is 4.31. The molecule has 16 heavy (non-hydrogen) atoms. The summed E-state index contributed by atoms with van der Waals surface area (Å²) in [5, 5.41) is 8.88. The van der Waals surface area contributed by atoms with E-state index in [9.17, 15) is 0 Å². The van der Waals surface area contributed by atoms with Gasteiger partial charge in [-0.1, -0.05) is 16.8 Å². The van der Waals surface area contributed by atoms with Crippen LogP contribution in [0.2, 0.25) is 5.02 Å². The van der Waals surface area contributed by atoms with Crippen molar-refractivity contribution < 1.29 is 0 Å². The maximum absolute atomic E-state index is 5.82. The molecule has 4 nitrogen and oxygen atoms in total. The van der Waals surface area contributed by atoms with E-state index in [-0.39, 0.29) is 0 Å². The summed E-state index contributed by atoms with van der Waals surface area (Å²) < 4.78 is 1.75. The predicted octanol–water partition coefficient (Wildman–Crippen LogP) is 1.98. The Morgan fingerprint density at radius 2 is 1.94 bits per heavy atom. The van der Waals surface area contributed by atoms with E-state index in [4.69, 9.17) is 11.6 Å². The van der Waals surface area contributed by atoms with E-state index in [1.807, 2.05) is 44.6 Å². The first-order valence-corrected chi connectivity index (χ1v) is 5.35. The second kappa shape index (κ2) is 4.63. The highest BCUT2D eigenvalue weighted by Crippen LogP contribution is 2.12.